The van der Waals surface area contributed by atoms with Gasteiger partial charge >= 0.3 is 12.0 Å². The second-order valence-electron chi connectivity index (χ2n) is 19.1. The molecule has 7 rings (SSSR count). The van der Waals surface area contributed by atoms with Gasteiger partial charge in [0.2, 0.25) is 17.7 Å². The number of aromatic nitrogens is 2. The number of fused-ring (bicyclic) bond motifs is 3. The first kappa shape index (κ1) is 45.8. The lowest BCUT2D eigenvalue weighted by molar-refractivity contribution is -0.145. The number of benzene rings is 1. The van der Waals surface area contributed by atoms with E-state index < -0.39 is 59.0 Å². The number of likely N-dealkylation sites (tertiary alicyclic amines) is 1. The van der Waals surface area contributed by atoms with Gasteiger partial charge in [0.05, 0.1) is 30.9 Å². The summed E-state index contributed by atoms with van der Waals surface area (Å²) >= 11 is 1.47. The summed E-state index contributed by atoms with van der Waals surface area (Å²) in [5, 5.41) is 26.1. The number of nitrogens with zero attached hydrogens (tertiary/aromatic N) is 4. The van der Waals surface area contributed by atoms with Crippen molar-refractivity contribution in [1.29, 1.82) is 0 Å². The molecule has 1 unspecified atom stereocenters. The number of pyridine rings is 1. The van der Waals surface area contributed by atoms with Gasteiger partial charge in [-0.15, -0.1) is 11.3 Å². The molecule has 0 bridgehead atoms. The number of thiazole rings is 1. The van der Waals surface area contributed by atoms with Gasteiger partial charge in [-0.2, -0.15) is 0 Å². The molecule has 1 aliphatic carbocycles. The predicted octanol–water partition coefficient (Wildman–Crippen LogP) is 6.33. The highest BCUT2D eigenvalue weighted by Crippen LogP contribution is 2.48. The number of ether oxygens (including phenoxy) is 2. The topological polar surface area (TPSA) is 204 Å². The Morgan fingerprint density at radius 2 is 1.78 bits per heavy atom. The van der Waals surface area contributed by atoms with Crippen molar-refractivity contribution in [3.8, 4) is 22.9 Å². The first-order chi connectivity index (χ1) is 30.0. The fourth-order valence-electron chi connectivity index (χ4n) is 9.14. The van der Waals surface area contributed by atoms with Crippen molar-refractivity contribution in [2.45, 2.75) is 147 Å². The van der Waals surface area contributed by atoms with Crippen LogP contribution < -0.4 is 30.7 Å². The molecule has 4 fully saturated rings. The molecular formula is C46H64N8O8S. The Bertz CT molecular complexity index is 2170. The molecule has 5 N–H and O–H groups in total. The third kappa shape index (κ3) is 10.8. The van der Waals surface area contributed by atoms with Crippen molar-refractivity contribution in [3.05, 3.63) is 29.6 Å². The molecule has 3 saturated heterocycles. The van der Waals surface area contributed by atoms with Gasteiger partial charge in [0.25, 0.3) is 0 Å². The Morgan fingerprint density at radius 1 is 1.02 bits per heavy atom. The largest absolute Gasteiger partial charge is 0.497 e. The molecule has 16 nitrogen and oxygen atoms in total. The first-order valence-corrected chi connectivity index (χ1v) is 23.5. The van der Waals surface area contributed by atoms with E-state index in [4.69, 9.17) is 19.4 Å². The Hall–Kier alpha value is -5.19. The van der Waals surface area contributed by atoms with E-state index in [1.807, 2.05) is 64.3 Å². The van der Waals surface area contributed by atoms with Crippen LogP contribution in [0.1, 0.15) is 112 Å². The maximum absolute atomic E-state index is 14.9. The zero-order valence-electron chi connectivity index (χ0n) is 37.5. The number of methoxy groups -OCH3 is 1. The Balaban J connectivity index is 1.18. The maximum Gasteiger partial charge on any atom is 0.329 e. The summed E-state index contributed by atoms with van der Waals surface area (Å²) in [6.07, 6.45) is 7.13. The number of carbonyl (C=O) groups excluding carboxylic acids is 4. The molecule has 5 heterocycles. The lowest BCUT2D eigenvalue weighted by Crippen LogP contribution is -2.59. The summed E-state index contributed by atoms with van der Waals surface area (Å²) in [4.78, 5) is 81.8. The van der Waals surface area contributed by atoms with Crippen molar-refractivity contribution < 1.29 is 38.6 Å². The van der Waals surface area contributed by atoms with Crippen LogP contribution in [0, 0.1) is 11.3 Å². The third-order valence-electron chi connectivity index (χ3n) is 13.0. The minimum Gasteiger partial charge on any atom is -0.497 e. The van der Waals surface area contributed by atoms with Crippen LogP contribution in [0.3, 0.4) is 0 Å². The van der Waals surface area contributed by atoms with Gasteiger partial charge in [0.1, 0.15) is 40.9 Å². The molecule has 342 valence electrons. The number of urea groups is 1. The molecule has 63 heavy (non-hydrogen) atoms. The molecule has 17 heteroatoms. The number of amides is 5. The number of hydrogen-bond acceptors (Lipinski definition) is 11. The highest BCUT2D eigenvalue weighted by atomic mass is 32.1. The Labute approximate surface area is 373 Å². The molecule has 0 spiro atoms. The van der Waals surface area contributed by atoms with E-state index >= 15 is 0 Å². The summed E-state index contributed by atoms with van der Waals surface area (Å²) in [5.74, 6) is -1.13. The van der Waals surface area contributed by atoms with Gasteiger partial charge in [0, 0.05) is 54.9 Å². The number of carboxylic acid groups (broad SMARTS) is 1. The van der Waals surface area contributed by atoms with Crippen LogP contribution >= 0.6 is 11.3 Å². The number of carboxylic acids is 1. The highest BCUT2D eigenvalue weighted by molar-refractivity contribution is 7.14. The quantitative estimate of drug-likeness (QED) is 0.144. The second-order valence-corrected chi connectivity index (χ2v) is 20.0. The van der Waals surface area contributed by atoms with Gasteiger partial charge in [-0.05, 0) is 69.4 Å². The fraction of sp³-hybridized carbons (Fsp3) is 0.630. The fourth-order valence-corrected chi connectivity index (χ4v) is 9.99. The SMILES string of the molecule is COc1ccc2c(O[C@@H]3C[C@H]4C(=O)N[C@]5(C(=O)O)CC5CCCCCCC[C@H](NC(=O)N[C@H](CN5CCCCC5=O)C(C)(C)C)C(=O)N4C3)cc(-c3csc(NC(C)C)n3)nc2c1. The number of nitrogens with one attached hydrogen (secondary N) is 4. The van der Waals surface area contributed by atoms with Gasteiger partial charge in [-0.1, -0.05) is 52.9 Å². The zero-order chi connectivity index (χ0) is 45.1. The minimum atomic E-state index is -1.40. The summed E-state index contributed by atoms with van der Waals surface area (Å²) in [6, 6.07) is 4.49. The summed E-state index contributed by atoms with van der Waals surface area (Å²) in [5.41, 5.74) is 0.0160. The van der Waals surface area contributed by atoms with Crippen LogP contribution in [0.25, 0.3) is 22.3 Å². The predicted molar refractivity (Wildman–Crippen MR) is 241 cm³/mol. The molecule has 1 saturated carbocycles. The first-order valence-electron chi connectivity index (χ1n) is 22.6. The number of rotatable bonds is 11. The monoisotopic (exact) mass is 888 g/mol. The summed E-state index contributed by atoms with van der Waals surface area (Å²) in [7, 11) is 1.58. The van der Waals surface area contributed by atoms with E-state index in [2.05, 4.69) is 21.3 Å². The Kier molecular flexibility index (Phi) is 14.0. The number of aliphatic carboxylic acids is 1. The van der Waals surface area contributed by atoms with Crippen LogP contribution in [0.5, 0.6) is 11.5 Å². The average molecular weight is 889 g/mol. The van der Waals surface area contributed by atoms with Crippen LogP contribution in [0.4, 0.5) is 9.93 Å². The van der Waals surface area contributed by atoms with Crippen LogP contribution in [0.2, 0.25) is 0 Å². The van der Waals surface area contributed by atoms with Crippen molar-refractivity contribution in [3.63, 3.8) is 0 Å². The van der Waals surface area contributed by atoms with E-state index in [1.54, 1.807) is 12.0 Å². The number of carbonyl (C=O) groups is 5. The summed E-state index contributed by atoms with van der Waals surface area (Å²) < 4.78 is 12.3. The van der Waals surface area contributed by atoms with Crippen molar-refractivity contribution >= 4 is 57.1 Å². The summed E-state index contributed by atoms with van der Waals surface area (Å²) in [6.45, 7) is 11.1. The zero-order valence-corrected chi connectivity index (χ0v) is 38.3. The number of piperidine rings is 1. The standard InChI is InChI=1S/C46H64N8O8S/c1-27(2)47-44-50-35(26-63-44)34-22-37(31-18-17-29(61-6)20-33(31)48-34)62-30-21-36-40(56)52-46(42(58)59)23-28(46)14-10-8-7-9-11-15-32(41(57)54(36)24-30)49-43(60)51-38(45(3,4)5)25-53-19-13-12-16-39(53)55/h17-18,20,22,26-28,30,32,36,38H,7-16,19,21,23-25H2,1-6H3,(H,47,50)(H,52,56)(H,58,59)(H2,49,51,60)/t28?,30-,32+,36+,38-,46-/m1/s1. The molecule has 2 aromatic heterocycles. The molecule has 1 aromatic carbocycles. The molecule has 6 atom stereocenters. The number of hydrogen-bond donors (Lipinski definition) is 5. The van der Waals surface area contributed by atoms with Crippen molar-refractivity contribution in [2.24, 2.45) is 11.3 Å². The minimum absolute atomic E-state index is 0.0103. The molecule has 3 aromatic rings. The Morgan fingerprint density at radius 3 is 2.49 bits per heavy atom. The van der Waals surface area contributed by atoms with Crippen LogP contribution in [0.15, 0.2) is 29.6 Å². The highest BCUT2D eigenvalue weighted by Gasteiger charge is 2.62. The van der Waals surface area contributed by atoms with Gasteiger partial charge in [-0.3, -0.25) is 14.4 Å². The molecule has 4 aliphatic rings. The normalized spacial score (nSPS) is 25.3. The lowest BCUT2D eigenvalue weighted by atomic mass is 9.86. The van der Waals surface area contributed by atoms with Gasteiger partial charge in [0.15, 0.2) is 5.13 Å². The van der Waals surface area contributed by atoms with E-state index in [0.29, 0.717) is 79.0 Å². The number of anilines is 1. The third-order valence-corrected chi connectivity index (χ3v) is 13.7. The smallest absolute Gasteiger partial charge is 0.329 e. The second kappa shape index (κ2) is 19.3. The molecule has 5 amide bonds. The lowest BCUT2D eigenvalue weighted by Gasteiger charge is -2.37. The van der Waals surface area contributed by atoms with Crippen molar-refractivity contribution in [1.82, 2.24) is 35.7 Å². The van der Waals surface area contributed by atoms with Crippen molar-refractivity contribution in [2.75, 3.05) is 32.1 Å². The van der Waals surface area contributed by atoms with Gasteiger partial charge in [-0.25, -0.2) is 19.6 Å². The van der Waals surface area contributed by atoms with Crippen LogP contribution in [-0.4, -0.2) is 117 Å². The van der Waals surface area contributed by atoms with Gasteiger partial charge < -0.3 is 45.6 Å². The average Bonchev–Trinajstić information content (AvgIpc) is 3.49. The van der Waals surface area contributed by atoms with E-state index in [9.17, 15) is 29.1 Å². The molecule has 3 aliphatic heterocycles. The van der Waals surface area contributed by atoms with Crippen LogP contribution in [-0.2, 0) is 19.2 Å². The van der Waals surface area contributed by atoms with E-state index in [1.165, 1.54) is 16.2 Å². The molecular weight excluding hydrogens is 825 g/mol. The van der Waals surface area contributed by atoms with E-state index in [0.717, 1.165) is 43.7 Å². The van der Waals surface area contributed by atoms with E-state index in [-0.39, 0.29) is 30.8 Å². The molecule has 0 radical (unpaired) electrons. The maximum atomic E-state index is 14.9.